The lowest BCUT2D eigenvalue weighted by Crippen LogP contribution is -2.44. The van der Waals surface area contributed by atoms with Crippen LogP contribution in [0.3, 0.4) is 0 Å². The molecular formula is C18H23N3O3. The molecule has 1 aromatic heterocycles. The van der Waals surface area contributed by atoms with Gasteiger partial charge < -0.3 is 10.0 Å². The van der Waals surface area contributed by atoms with Crippen LogP contribution < -0.4 is 0 Å². The van der Waals surface area contributed by atoms with E-state index >= 15 is 0 Å². The minimum absolute atomic E-state index is 0.0403. The Labute approximate surface area is 141 Å². The van der Waals surface area contributed by atoms with Crippen molar-refractivity contribution in [1.82, 2.24) is 15.2 Å². The zero-order valence-electron chi connectivity index (χ0n) is 13.9. The number of hydrogen-bond donors (Lipinski definition) is 1. The number of amides is 1. The molecule has 0 spiro atoms. The molecule has 0 unspecified atom stereocenters. The number of aliphatic hydroxyl groups is 1. The Morgan fingerprint density at radius 2 is 2.12 bits per heavy atom. The molecule has 0 saturated heterocycles. The number of fused-ring (bicyclic) bond motifs is 1. The molecule has 1 N–H and O–H groups in total. The zero-order valence-corrected chi connectivity index (χ0v) is 13.9. The lowest BCUT2D eigenvalue weighted by atomic mass is 9.79. The number of rotatable bonds is 5. The minimum atomic E-state index is -0.611. The summed E-state index contributed by atoms with van der Waals surface area (Å²) in [5, 5.41) is 18.1. The standard InChI is InChI=1S/C18H23N3O3/c1-3-4-9-18(23)10-7-14(8-11-18)21(2)17(22)13-5-6-15-16(12-13)20-24-19-15/h3,5-6,12,14,23H,1,4,7-11H2,2H3. The average molecular weight is 329 g/mol. The highest BCUT2D eigenvalue weighted by Gasteiger charge is 2.35. The van der Waals surface area contributed by atoms with Crippen molar-refractivity contribution in [2.24, 2.45) is 0 Å². The van der Waals surface area contributed by atoms with Gasteiger partial charge in [-0.05, 0) is 67.0 Å². The summed E-state index contributed by atoms with van der Waals surface area (Å²) in [6.45, 7) is 3.71. The zero-order chi connectivity index (χ0) is 17.2. The van der Waals surface area contributed by atoms with Crippen LogP contribution in [-0.4, -0.2) is 44.9 Å². The summed E-state index contributed by atoms with van der Waals surface area (Å²) >= 11 is 0. The Morgan fingerprint density at radius 3 is 2.83 bits per heavy atom. The third-order valence-corrected chi connectivity index (χ3v) is 5.07. The fourth-order valence-electron chi connectivity index (χ4n) is 3.43. The first-order valence-corrected chi connectivity index (χ1v) is 8.35. The Morgan fingerprint density at radius 1 is 1.42 bits per heavy atom. The van der Waals surface area contributed by atoms with Gasteiger partial charge in [-0.15, -0.1) is 6.58 Å². The Kier molecular flexibility index (Phi) is 4.66. The van der Waals surface area contributed by atoms with Crippen LogP contribution >= 0.6 is 0 Å². The van der Waals surface area contributed by atoms with Gasteiger partial charge in [-0.2, -0.15) is 0 Å². The fraction of sp³-hybridized carbons (Fsp3) is 0.500. The molecule has 0 bridgehead atoms. The van der Waals surface area contributed by atoms with Gasteiger partial charge >= 0.3 is 0 Å². The maximum absolute atomic E-state index is 12.7. The summed E-state index contributed by atoms with van der Waals surface area (Å²) in [4.78, 5) is 14.5. The van der Waals surface area contributed by atoms with Crippen LogP contribution in [0.25, 0.3) is 11.0 Å². The Hall–Kier alpha value is -2.21. The van der Waals surface area contributed by atoms with Gasteiger partial charge in [-0.3, -0.25) is 4.79 Å². The fourth-order valence-corrected chi connectivity index (χ4v) is 3.43. The summed E-state index contributed by atoms with van der Waals surface area (Å²) in [5.41, 5.74) is 1.18. The van der Waals surface area contributed by atoms with E-state index in [1.807, 2.05) is 13.1 Å². The third-order valence-electron chi connectivity index (χ3n) is 5.07. The van der Waals surface area contributed by atoms with E-state index in [0.717, 1.165) is 38.5 Å². The van der Waals surface area contributed by atoms with Crippen molar-refractivity contribution in [2.75, 3.05) is 7.05 Å². The van der Waals surface area contributed by atoms with Crippen molar-refractivity contribution in [1.29, 1.82) is 0 Å². The molecule has 3 rings (SSSR count). The number of allylic oxidation sites excluding steroid dienone is 1. The molecule has 0 radical (unpaired) electrons. The number of nitrogens with zero attached hydrogens (tertiary/aromatic N) is 3. The molecule has 0 aliphatic heterocycles. The van der Waals surface area contributed by atoms with Gasteiger partial charge in [-0.25, -0.2) is 4.63 Å². The van der Waals surface area contributed by atoms with E-state index in [-0.39, 0.29) is 11.9 Å². The van der Waals surface area contributed by atoms with Crippen molar-refractivity contribution in [2.45, 2.75) is 50.2 Å². The summed E-state index contributed by atoms with van der Waals surface area (Å²) in [5.74, 6) is -0.0403. The second-order valence-corrected chi connectivity index (χ2v) is 6.67. The maximum atomic E-state index is 12.7. The Balaban J connectivity index is 1.65. The summed E-state index contributed by atoms with van der Waals surface area (Å²) in [6.07, 6.45) is 6.46. The van der Waals surface area contributed by atoms with Gasteiger partial charge in [-0.1, -0.05) is 6.08 Å². The van der Waals surface area contributed by atoms with Crippen LogP contribution in [0.1, 0.15) is 48.9 Å². The summed E-state index contributed by atoms with van der Waals surface area (Å²) in [6, 6.07) is 5.33. The first kappa shape index (κ1) is 16.6. The van der Waals surface area contributed by atoms with E-state index in [2.05, 4.69) is 21.5 Å². The number of benzene rings is 1. The molecule has 6 nitrogen and oxygen atoms in total. The number of carbonyl (C=O) groups is 1. The van der Waals surface area contributed by atoms with Crippen LogP contribution in [0.2, 0.25) is 0 Å². The highest BCUT2D eigenvalue weighted by atomic mass is 16.6. The molecule has 6 heteroatoms. The van der Waals surface area contributed by atoms with Crippen LogP contribution in [-0.2, 0) is 0 Å². The number of aromatic nitrogens is 2. The number of carbonyl (C=O) groups excluding carboxylic acids is 1. The van der Waals surface area contributed by atoms with Crippen molar-refractivity contribution in [3.05, 3.63) is 36.4 Å². The minimum Gasteiger partial charge on any atom is -0.390 e. The monoisotopic (exact) mass is 329 g/mol. The largest absolute Gasteiger partial charge is 0.390 e. The third kappa shape index (κ3) is 3.33. The predicted octanol–water partition coefficient (Wildman–Crippen LogP) is 2.93. The van der Waals surface area contributed by atoms with E-state index in [9.17, 15) is 9.90 Å². The van der Waals surface area contributed by atoms with Gasteiger partial charge in [0.05, 0.1) is 5.60 Å². The predicted molar refractivity (Wildman–Crippen MR) is 90.5 cm³/mol. The number of hydrogen-bond acceptors (Lipinski definition) is 5. The van der Waals surface area contributed by atoms with Crippen molar-refractivity contribution >= 4 is 16.9 Å². The topological polar surface area (TPSA) is 79.5 Å². The van der Waals surface area contributed by atoms with E-state index in [4.69, 9.17) is 0 Å². The van der Waals surface area contributed by atoms with Gasteiger partial charge in [0.1, 0.15) is 11.0 Å². The summed E-state index contributed by atoms with van der Waals surface area (Å²) in [7, 11) is 1.83. The van der Waals surface area contributed by atoms with E-state index in [1.54, 1.807) is 23.1 Å². The molecule has 1 aliphatic carbocycles. The first-order valence-electron chi connectivity index (χ1n) is 8.35. The van der Waals surface area contributed by atoms with Crippen molar-refractivity contribution in [3.63, 3.8) is 0 Å². The molecule has 1 saturated carbocycles. The molecule has 1 heterocycles. The molecule has 1 aromatic carbocycles. The van der Waals surface area contributed by atoms with Crippen molar-refractivity contribution in [3.8, 4) is 0 Å². The van der Waals surface area contributed by atoms with Crippen molar-refractivity contribution < 1.29 is 14.5 Å². The second-order valence-electron chi connectivity index (χ2n) is 6.67. The van der Waals surface area contributed by atoms with Gasteiger partial charge in [0.2, 0.25) is 0 Å². The van der Waals surface area contributed by atoms with Crippen LogP contribution in [0.4, 0.5) is 0 Å². The summed E-state index contributed by atoms with van der Waals surface area (Å²) < 4.78 is 4.67. The molecule has 1 aliphatic rings. The second kappa shape index (κ2) is 6.73. The molecule has 1 fully saturated rings. The highest BCUT2D eigenvalue weighted by Crippen LogP contribution is 2.34. The van der Waals surface area contributed by atoms with E-state index in [1.165, 1.54) is 0 Å². The van der Waals surface area contributed by atoms with Gasteiger partial charge in [0, 0.05) is 18.7 Å². The lowest BCUT2D eigenvalue weighted by molar-refractivity contribution is -0.0210. The quantitative estimate of drug-likeness (QED) is 0.853. The van der Waals surface area contributed by atoms with Crippen LogP contribution in [0, 0.1) is 0 Å². The molecular weight excluding hydrogens is 306 g/mol. The van der Waals surface area contributed by atoms with Crippen LogP contribution in [0.5, 0.6) is 0 Å². The normalized spacial score (nSPS) is 24.0. The molecule has 24 heavy (non-hydrogen) atoms. The molecule has 128 valence electrons. The lowest BCUT2D eigenvalue weighted by Gasteiger charge is -2.39. The highest BCUT2D eigenvalue weighted by molar-refractivity contribution is 5.97. The average Bonchev–Trinajstić information content (AvgIpc) is 3.07. The Bertz CT molecular complexity index is 732. The molecule has 0 atom stereocenters. The SMILES string of the molecule is C=CCCC1(O)CCC(N(C)C(=O)c2ccc3nonc3c2)CC1. The van der Waals surface area contributed by atoms with E-state index < -0.39 is 5.60 Å². The van der Waals surface area contributed by atoms with Gasteiger partial charge in [0.15, 0.2) is 0 Å². The smallest absolute Gasteiger partial charge is 0.253 e. The van der Waals surface area contributed by atoms with Crippen LogP contribution in [0.15, 0.2) is 35.5 Å². The molecule has 1 amide bonds. The maximum Gasteiger partial charge on any atom is 0.253 e. The van der Waals surface area contributed by atoms with E-state index in [0.29, 0.717) is 16.6 Å². The van der Waals surface area contributed by atoms with Gasteiger partial charge in [0.25, 0.3) is 5.91 Å². The molecule has 2 aromatic rings. The first-order chi connectivity index (χ1) is 11.5.